The zero-order valence-corrected chi connectivity index (χ0v) is 13.0. The van der Waals surface area contributed by atoms with Crippen LogP contribution in [-0.2, 0) is 12.8 Å². The molecule has 0 bridgehead atoms. The molecule has 5 heteroatoms. The van der Waals surface area contributed by atoms with Crippen LogP contribution in [0.2, 0.25) is 5.02 Å². The van der Waals surface area contributed by atoms with Gasteiger partial charge in [0.25, 0.3) is 0 Å². The number of hydrogen-bond donors (Lipinski definition) is 1. The van der Waals surface area contributed by atoms with Crippen LogP contribution in [-0.4, -0.2) is 21.5 Å². The number of aryl methyl sites for hydroxylation is 1. The highest BCUT2D eigenvalue weighted by molar-refractivity contribution is 6.30. The van der Waals surface area contributed by atoms with Crippen molar-refractivity contribution in [3.8, 4) is 11.5 Å². The quantitative estimate of drug-likeness (QED) is 0.931. The molecule has 0 saturated carbocycles. The molecule has 0 fully saturated rings. The Bertz CT molecular complexity index is 625. The molecular formula is C16H19ClN4. The summed E-state index contributed by atoms with van der Waals surface area (Å²) < 4.78 is 0. The third kappa shape index (κ3) is 3.16. The molecule has 0 saturated heterocycles. The van der Waals surface area contributed by atoms with Crippen LogP contribution < -0.4 is 5.32 Å². The van der Waals surface area contributed by atoms with Gasteiger partial charge in [0.1, 0.15) is 11.5 Å². The maximum Gasteiger partial charge on any atom is 0.180 e. The Balaban J connectivity index is 2.02. The fourth-order valence-corrected chi connectivity index (χ4v) is 2.72. The first-order valence-electron chi connectivity index (χ1n) is 7.53. The number of nitrogens with zero attached hydrogens (tertiary/aromatic N) is 3. The monoisotopic (exact) mass is 302 g/mol. The summed E-state index contributed by atoms with van der Waals surface area (Å²) in [6.45, 7) is 3.08. The smallest absolute Gasteiger partial charge is 0.180 e. The molecule has 21 heavy (non-hydrogen) atoms. The molecule has 0 aliphatic heterocycles. The van der Waals surface area contributed by atoms with Crippen molar-refractivity contribution in [1.29, 1.82) is 0 Å². The van der Waals surface area contributed by atoms with E-state index in [0.717, 1.165) is 37.3 Å². The fourth-order valence-electron chi connectivity index (χ4n) is 2.61. The van der Waals surface area contributed by atoms with Crippen molar-refractivity contribution in [3.05, 3.63) is 34.6 Å². The molecule has 4 nitrogen and oxygen atoms in total. The molecule has 0 spiro atoms. The molecule has 2 aromatic heterocycles. The van der Waals surface area contributed by atoms with E-state index in [1.165, 1.54) is 24.1 Å². The highest BCUT2D eigenvalue weighted by atomic mass is 35.5. The van der Waals surface area contributed by atoms with Gasteiger partial charge >= 0.3 is 0 Å². The Hall–Kier alpha value is -1.68. The Kier molecular flexibility index (Phi) is 4.34. The van der Waals surface area contributed by atoms with Crippen molar-refractivity contribution in [2.24, 2.45) is 0 Å². The van der Waals surface area contributed by atoms with E-state index >= 15 is 0 Å². The lowest BCUT2D eigenvalue weighted by molar-refractivity contribution is 0.664. The van der Waals surface area contributed by atoms with Crippen LogP contribution in [0.3, 0.4) is 0 Å². The third-order valence-corrected chi connectivity index (χ3v) is 3.91. The maximum absolute atomic E-state index is 5.90. The lowest BCUT2D eigenvalue weighted by Gasteiger charge is -2.19. The minimum absolute atomic E-state index is 0.626. The summed E-state index contributed by atoms with van der Waals surface area (Å²) in [6, 6.07) is 3.70. The second kappa shape index (κ2) is 6.39. The average Bonchev–Trinajstić information content (AvgIpc) is 2.53. The summed E-state index contributed by atoms with van der Waals surface area (Å²) in [5.41, 5.74) is 3.22. The van der Waals surface area contributed by atoms with Crippen molar-refractivity contribution in [2.45, 2.75) is 39.0 Å². The number of fused-ring (bicyclic) bond motifs is 1. The van der Waals surface area contributed by atoms with Gasteiger partial charge in [-0.3, -0.25) is 4.98 Å². The van der Waals surface area contributed by atoms with Crippen LogP contribution in [0.5, 0.6) is 0 Å². The van der Waals surface area contributed by atoms with E-state index in [9.17, 15) is 0 Å². The largest absolute Gasteiger partial charge is 0.370 e. The molecule has 3 rings (SSSR count). The highest BCUT2D eigenvalue weighted by Crippen LogP contribution is 2.28. The van der Waals surface area contributed by atoms with Crippen molar-refractivity contribution in [1.82, 2.24) is 15.0 Å². The van der Waals surface area contributed by atoms with Gasteiger partial charge in [-0.15, -0.1) is 0 Å². The van der Waals surface area contributed by atoms with E-state index < -0.39 is 0 Å². The number of halogens is 1. The van der Waals surface area contributed by atoms with E-state index in [4.69, 9.17) is 21.6 Å². The van der Waals surface area contributed by atoms with Crippen molar-refractivity contribution >= 4 is 17.4 Å². The number of pyridine rings is 1. The number of nitrogens with one attached hydrogen (secondary N) is 1. The fraction of sp³-hybridized carbons (Fsp3) is 0.438. The first-order chi connectivity index (χ1) is 10.3. The minimum atomic E-state index is 0.626. The topological polar surface area (TPSA) is 50.7 Å². The number of anilines is 1. The number of aromatic nitrogens is 3. The number of rotatable bonds is 4. The van der Waals surface area contributed by atoms with Crippen LogP contribution >= 0.6 is 11.6 Å². The van der Waals surface area contributed by atoms with Crippen LogP contribution in [0.4, 0.5) is 5.82 Å². The van der Waals surface area contributed by atoms with Gasteiger partial charge in [0.05, 0.1) is 5.02 Å². The molecule has 1 aliphatic rings. The van der Waals surface area contributed by atoms with Gasteiger partial charge in [-0.1, -0.05) is 18.5 Å². The van der Waals surface area contributed by atoms with Gasteiger partial charge in [-0.25, -0.2) is 9.97 Å². The first kappa shape index (κ1) is 14.3. The molecule has 110 valence electrons. The Morgan fingerprint density at radius 1 is 1.19 bits per heavy atom. The standard InChI is InChI=1S/C16H19ClN4/c1-2-9-18-15-12-5-3-4-6-13(12)20-16(21-15)14-8-7-11(17)10-19-14/h7-8,10H,2-6,9H2,1H3,(H,18,20,21). The van der Waals surface area contributed by atoms with Gasteiger partial charge in [-0.05, 0) is 44.2 Å². The molecule has 0 radical (unpaired) electrons. The molecular weight excluding hydrogens is 284 g/mol. The van der Waals surface area contributed by atoms with Gasteiger partial charge < -0.3 is 5.32 Å². The summed E-state index contributed by atoms with van der Waals surface area (Å²) >= 11 is 5.90. The van der Waals surface area contributed by atoms with Crippen LogP contribution in [0, 0.1) is 0 Å². The van der Waals surface area contributed by atoms with Crippen molar-refractivity contribution < 1.29 is 0 Å². The average molecular weight is 303 g/mol. The normalized spacial score (nSPS) is 13.8. The van der Waals surface area contributed by atoms with Crippen LogP contribution in [0.15, 0.2) is 18.3 Å². The zero-order valence-electron chi connectivity index (χ0n) is 12.2. The van der Waals surface area contributed by atoms with E-state index in [1.807, 2.05) is 12.1 Å². The maximum atomic E-state index is 5.90. The lowest BCUT2D eigenvalue weighted by atomic mass is 9.96. The van der Waals surface area contributed by atoms with Gasteiger partial charge in [-0.2, -0.15) is 0 Å². The summed E-state index contributed by atoms with van der Waals surface area (Å²) in [7, 11) is 0. The Morgan fingerprint density at radius 3 is 2.81 bits per heavy atom. The molecule has 2 heterocycles. The molecule has 1 aliphatic carbocycles. The van der Waals surface area contributed by atoms with Gasteiger partial charge in [0.15, 0.2) is 5.82 Å². The molecule has 0 amide bonds. The van der Waals surface area contributed by atoms with Crippen molar-refractivity contribution in [2.75, 3.05) is 11.9 Å². The molecule has 2 aromatic rings. The lowest BCUT2D eigenvalue weighted by Crippen LogP contribution is -2.14. The van der Waals surface area contributed by atoms with Crippen LogP contribution in [0.1, 0.15) is 37.4 Å². The summed E-state index contributed by atoms with van der Waals surface area (Å²) in [5, 5.41) is 4.07. The SMILES string of the molecule is CCCNc1nc(-c2ccc(Cl)cn2)nc2c1CCCC2. The second-order valence-corrected chi connectivity index (χ2v) is 5.75. The van der Waals surface area contributed by atoms with Crippen LogP contribution in [0.25, 0.3) is 11.5 Å². The molecule has 0 aromatic carbocycles. The summed E-state index contributed by atoms with van der Waals surface area (Å²) in [4.78, 5) is 13.8. The minimum Gasteiger partial charge on any atom is -0.370 e. The van der Waals surface area contributed by atoms with E-state index in [0.29, 0.717) is 10.8 Å². The van der Waals surface area contributed by atoms with Gasteiger partial charge in [0, 0.05) is 24.0 Å². The third-order valence-electron chi connectivity index (χ3n) is 3.68. The summed E-state index contributed by atoms with van der Waals surface area (Å²) in [6.07, 6.45) is 7.22. The van der Waals surface area contributed by atoms with Crippen molar-refractivity contribution in [3.63, 3.8) is 0 Å². The summed E-state index contributed by atoms with van der Waals surface area (Å²) in [5.74, 6) is 1.67. The number of hydrogen-bond acceptors (Lipinski definition) is 4. The Morgan fingerprint density at radius 2 is 2.05 bits per heavy atom. The highest BCUT2D eigenvalue weighted by Gasteiger charge is 2.18. The first-order valence-corrected chi connectivity index (χ1v) is 7.91. The van der Waals surface area contributed by atoms with Gasteiger partial charge in [0.2, 0.25) is 0 Å². The molecule has 0 unspecified atom stereocenters. The molecule has 1 N–H and O–H groups in total. The van der Waals surface area contributed by atoms with E-state index in [-0.39, 0.29) is 0 Å². The Labute approximate surface area is 130 Å². The van der Waals surface area contributed by atoms with E-state index in [1.54, 1.807) is 6.20 Å². The van der Waals surface area contributed by atoms with E-state index in [2.05, 4.69) is 17.2 Å². The zero-order chi connectivity index (χ0) is 14.7. The predicted octanol–water partition coefficient (Wildman–Crippen LogP) is 3.89. The molecule has 0 atom stereocenters. The predicted molar refractivity (Wildman–Crippen MR) is 85.7 cm³/mol. The second-order valence-electron chi connectivity index (χ2n) is 5.32.